The Morgan fingerprint density at radius 2 is 2.10 bits per heavy atom. The molecule has 7 nitrogen and oxygen atoms in total. The Bertz CT molecular complexity index is 1210. The topological polar surface area (TPSA) is 99.0 Å². The first-order valence-electron chi connectivity index (χ1n) is 9.52. The van der Waals surface area contributed by atoms with Crippen molar-refractivity contribution in [2.24, 2.45) is 0 Å². The van der Waals surface area contributed by atoms with E-state index in [1.54, 1.807) is 18.5 Å². The molecular formula is C22H17F2N5O2. The van der Waals surface area contributed by atoms with E-state index in [1.165, 1.54) is 12.3 Å². The van der Waals surface area contributed by atoms with Gasteiger partial charge in [0.1, 0.15) is 6.04 Å². The lowest BCUT2D eigenvalue weighted by molar-refractivity contribution is -0.131. The van der Waals surface area contributed by atoms with Gasteiger partial charge in [-0.05, 0) is 29.8 Å². The number of hydrogen-bond acceptors (Lipinski definition) is 5. The Kier molecular flexibility index (Phi) is 5.29. The maximum absolute atomic E-state index is 13.6. The second-order valence-electron chi connectivity index (χ2n) is 7.24. The number of carbonyl (C=O) groups is 2. The van der Waals surface area contributed by atoms with Crippen LogP contribution in [0, 0.1) is 11.3 Å². The minimum atomic E-state index is -3.11. The molecule has 1 unspecified atom stereocenters. The van der Waals surface area contributed by atoms with Crippen LogP contribution in [-0.4, -0.2) is 51.7 Å². The Morgan fingerprint density at radius 1 is 1.26 bits per heavy atom. The van der Waals surface area contributed by atoms with Crippen LogP contribution in [0.3, 0.4) is 0 Å². The van der Waals surface area contributed by atoms with E-state index >= 15 is 0 Å². The van der Waals surface area contributed by atoms with E-state index in [4.69, 9.17) is 5.26 Å². The quantitative estimate of drug-likeness (QED) is 0.699. The van der Waals surface area contributed by atoms with Crippen LogP contribution in [0.15, 0.2) is 55.0 Å². The highest BCUT2D eigenvalue weighted by atomic mass is 19.3. The van der Waals surface area contributed by atoms with Crippen LogP contribution in [0.1, 0.15) is 16.8 Å². The molecule has 0 spiro atoms. The lowest BCUT2D eigenvalue weighted by Crippen LogP contribution is -2.43. The Balaban J connectivity index is 1.52. The fourth-order valence-electron chi connectivity index (χ4n) is 3.61. The number of likely N-dealkylation sites (tertiary alicyclic amines) is 1. The van der Waals surface area contributed by atoms with E-state index in [0.717, 1.165) is 21.4 Å². The van der Waals surface area contributed by atoms with Gasteiger partial charge in [-0.1, -0.05) is 12.1 Å². The molecule has 1 N–H and O–H groups in total. The molecule has 1 aromatic carbocycles. The molecule has 0 radical (unpaired) electrons. The molecule has 31 heavy (non-hydrogen) atoms. The predicted molar refractivity (Wildman–Crippen MR) is 108 cm³/mol. The highest BCUT2D eigenvalue weighted by molar-refractivity contribution is 6.02. The van der Waals surface area contributed by atoms with Crippen LogP contribution in [0.5, 0.6) is 0 Å². The minimum absolute atomic E-state index is 0.287. The number of amides is 2. The van der Waals surface area contributed by atoms with Crippen molar-refractivity contribution < 1.29 is 18.4 Å². The van der Waals surface area contributed by atoms with Crippen molar-refractivity contribution >= 4 is 22.7 Å². The van der Waals surface area contributed by atoms with Crippen molar-refractivity contribution in [2.75, 3.05) is 13.1 Å². The molecule has 1 saturated heterocycles. The molecule has 1 atom stereocenters. The van der Waals surface area contributed by atoms with Crippen LogP contribution in [0.4, 0.5) is 8.78 Å². The summed E-state index contributed by atoms with van der Waals surface area (Å²) >= 11 is 0. The summed E-state index contributed by atoms with van der Waals surface area (Å²) in [5, 5.41) is 12.4. The smallest absolute Gasteiger partial charge is 0.268 e. The van der Waals surface area contributed by atoms with Crippen LogP contribution >= 0.6 is 0 Å². The molecule has 156 valence electrons. The van der Waals surface area contributed by atoms with E-state index in [1.807, 2.05) is 30.3 Å². The summed E-state index contributed by atoms with van der Waals surface area (Å²) in [7, 11) is 0. The van der Waals surface area contributed by atoms with Gasteiger partial charge < -0.3 is 10.2 Å². The number of rotatable bonds is 4. The largest absolute Gasteiger partial charge is 0.343 e. The molecular weight excluding hydrogens is 404 g/mol. The summed E-state index contributed by atoms with van der Waals surface area (Å²) in [5.41, 5.74) is 2.39. The van der Waals surface area contributed by atoms with Crippen molar-refractivity contribution in [3.63, 3.8) is 0 Å². The number of nitrogens with zero attached hydrogens (tertiary/aromatic N) is 4. The molecule has 2 aromatic heterocycles. The number of fused-ring (bicyclic) bond motifs is 1. The standard InChI is InChI=1S/C22H17F2N5O2/c23-22(24)9-16(10-25)29(13-22)20(30)12-28-21(31)17-5-7-26-11-18(17)14-3-4-19-15(8-14)2-1-6-27-19/h1-8,11,16H,9,12-13H2,(H,28,31). The number of benzene rings is 1. The van der Waals surface area contributed by atoms with Gasteiger partial charge in [-0.3, -0.25) is 19.6 Å². The molecule has 0 bridgehead atoms. The molecule has 0 saturated carbocycles. The molecule has 1 fully saturated rings. The second kappa shape index (κ2) is 8.07. The van der Waals surface area contributed by atoms with Crippen LogP contribution < -0.4 is 5.32 Å². The normalized spacial score (nSPS) is 17.3. The number of alkyl halides is 2. The molecule has 1 aliphatic heterocycles. The first kappa shape index (κ1) is 20.3. The number of aromatic nitrogens is 2. The zero-order valence-electron chi connectivity index (χ0n) is 16.3. The monoisotopic (exact) mass is 421 g/mol. The molecule has 9 heteroatoms. The van der Waals surface area contributed by atoms with E-state index in [0.29, 0.717) is 5.56 Å². The Labute approximate surface area is 176 Å². The van der Waals surface area contributed by atoms with Crippen molar-refractivity contribution in [3.05, 3.63) is 60.6 Å². The van der Waals surface area contributed by atoms with Crippen LogP contribution in [0.25, 0.3) is 22.0 Å². The van der Waals surface area contributed by atoms with Gasteiger partial charge in [-0.25, -0.2) is 8.78 Å². The summed E-state index contributed by atoms with van der Waals surface area (Å²) in [5.74, 6) is -4.38. The molecule has 0 aliphatic carbocycles. The third-order valence-corrected chi connectivity index (χ3v) is 5.12. The van der Waals surface area contributed by atoms with Crippen molar-refractivity contribution in [1.82, 2.24) is 20.2 Å². The minimum Gasteiger partial charge on any atom is -0.343 e. The van der Waals surface area contributed by atoms with Gasteiger partial charge in [0, 0.05) is 36.0 Å². The third kappa shape index (κ3) is 4.19. The van der Waals surface area contributed by atoms with E-state index in [9.17, 15) is 18.4 Å². The van der Waals surface area contributed by atoms with Crippen molar-refractivity contribution in [3.8, 4) is 17.2 Å². The number of nitriles is 1. The highest BCUT2D eigenvalue weighted by Crippen LogP contribution is 2.31. The summed E-state index contributed by atoms with van der Waals surface area (Å²) in [6.45, 7) is -1.32. The van der Waals surface area contributed by atoms with Gasteiger partial charge in [0.05, 0.1) is 30.2 Å². The van der Waals surface area contributed by atoms with Gasteiger partial charge in [0.25, 0.3) is 11.8 Å². The zero-order valence-corrected chi connectivity index (χ0v) is 16.3. The SMILES string of the molecule is N#CC1CC(F)(F)CN1C(=O)CNC(=O)c1ccncc1-c1ccc2ncccc2c1. The number of hydrogen-bond donors (Lipinski definition) is 1. The van der Waals surface area contributed by atoms with E-state index in [-0.39, 0.29) is 5.56 Å². The van der Waals surface area contributed by atoms with Gasteiger partial charge in [-0.15, -0.1) is 0 Å². The fourth-order valence-corrected chi connectivity index (χ4v) is 3.61. The van der Waals surface area contributed by atoms with Crippen LogP contribution in [0.2, 0.25) is 0 Å². The fraction of sp³-hybridized carbons (Fsp3) is 0.227. The maximum atomic E-state index is 13.6. The molecule has 2 amide bonds. The summed E-state index contributed by atoms with van der Waals surface area (Å²) in [6, 6.07) is 11.3. The van der Waals surface area contributed by atoms with E-state index in [2.05, 4.69) is 15.3 Å². The molecule has 1 aliphatic rings. The van der Waals surface area contributed by atoms with Gasteiger partial charge in [-0.2, -0.15) is 5.26 Å². The Hall–Kier alpha value is -3.93. The average molecular weight is 421 g/mol. The molecule has 3 aromatic rings. The first-order valence-corrected chi connectivity index (χ1v) is 9.52. The lowest BCUT2D eigenvalue weighted by Gasteiger charge is -2.19. The zero-order chi connectivity index (χ0) is 22.0. The van der Waals surface area contributed by atoms with Crippen molar-refractivity contribution in [2.45, 2.75) is 18.4 Å². The average Bonchev–Trinajstić information content (AvgIpc) is 3.11. The predicted octanol–water partition coefficient (Wildman–Crippen LogP) is 2.79. The molecule has 3 heterocycles. The van der Waals surface area contributed by atoms with Gasteiger partial charge in [0.15, 0.2) is 0 Å². The number of halogens is 2. The van der Waals surface area contributed by atoms with Crippen LogP contribution in [-0.2, 0) is 4.79 Å². The first-order chi connectivity index (χ1) is 14.9. The number of nitrogens with one attached hydrogen (secondary N) is 1. The number of carbonyl (C=O) groups excluding carboxylic acids is 2. The summed E-state index contributed by atoms with van der Waals surface area (Å²) in [4.78, 5) is 34.3. The molecule has 4 rings (SSSR count). The Morgan fingerprint density at radius 3 is 2.90 bits per heavy atom. The third-order valence-electron chi connectivity index (χ3n) is 5.12. The van der Waals surface area contributed by atoms with E-state index < -0.39 is 43.3 Å². The van der Waals surface area contributed by atoms with Gasteiger partial charge in [0.2, 0.25) is 5.91 Å². The second-order valence-corrected chi connectivity index (χ2v) is 7.24. The van der Waals surface area contributed by atoms with Gasteiger partial charge >= 0.3 is 0 Å². The maximum Gasteiger partial charge on any atom is 0.268 e. The summed E-state index contributed by atoms with van der Waals surface area (Å²) < 4.78 is 27.1. The summed E-state index contributed by atoms with van der Waals surface area (Å²) in [6.07, 6.45) is 3.99. The number of pyridine rings is 2. The van der Waals surface area contributed by atoms with Crippen molar-refractivity contribution in [1.29, 1.82) is 5.26 Å². The lowest BCUT2D eigenvalue weighted by atomic mass is 10.00. The highest BCUT2D eigenvalue weighted by Gasteiger charge is 2.47.